The van der Waals surface area contributed by atoms with Crippen LogP contribution in [0.15, 0.2) is 42.5 Å². The predicted molar refractivity (Wildman–Crippen MR) is 122 cm³/mol. The fourth-order valence-electron chi connectivity index (χ4n) is 4.14. The summed E-state index contributed by atoms with van der Waals surface area (Å²) in [5.74, 6) is -0.543. The van der Waals surface area contributed by atoms with Crippen LogP contribution in [-0.2, 0) is 11.2 Å². The fourth-order valence-corrected chi connectivity index (χ4v) is 4.14. The van der Waals surface area contributed by atoms with Crippen molar-refractivity contribution >= 4 is 28.6 Å². The number of carbonyl (C=O) groups excluding carboxylic acids is 1. The topological polar surface area (TPSA) is 70.2 Å². The number of benzene rings is 2. The van der Waals surface area contributed by atoms with Crippen LogP contribution in [0.25, 0.3) is 10.9 Å². The summed E-state index contributed by atoms with van der Waals surface area (Å²) in [5.41, 5.74) is 1.36. The van der Waals surface area contributed by atoms with Gasteiger partial charge < -0.3 is 15.5 Å². The Labute approximate surface area is 186 Å². The number of fused-ring (bicyclic) bond motifs is 1. The first-order valence-corrected chi connectivity index (χ1v) is 10.8. The molecule has 1 amide bonds. The summed E-state index contributed by atoms with van der Waals surface area (Å²) in [7, 11) is 3.93. The number of hydrogen-bond acceptors (Lipinski definition) is 5. The molecule has 0 unspecified atom stereocenters. The van der Waals surface area contributed by atoms with Crippen LogP contribution in [0.3, 0.4) is 0 Å². The van der Waals surface area contributed by atoms with Gasteiger partial charge in [-0.05, 0) is 55.5 Å². The van der Waals surface area contributed by atoms with Crippen molar-refractivity contribution < 1.29 is 13.6 Å². The maximum atomic E-state index is 13.3. The molecule has 0 radical (unpaired) electrons. The Balaban J connectivity index is 1.32. The van der Waals surface area contributed by atoms with Gasteiger partial charge >= 0.3 is 0 Å². The number of nitrogens with zero attached hydrogens (tertiary/aromatic N) is 3. The Bertz CT molecular complexity index is 1110. The van der Waals surface area contributed by atoms with Crippen LogP contribution < -0.4 is 15.5 Å². The average Bonchev–Trinajstić information content (AvgIpc) is 2.77. The second kappa shape index (κ2) is 9.46. The standard InChI is InChI=1S/C24H27F2N5O/c1-31(2)23-18-5-3-4-6-21(18)29-24(30-23)28-17-10-8-16(9-11-17)27-22(32)14-15-7-12-19(25)20(26)13-15/h3-7,12-13,16-17H,8-11,14H2,1-2H3,(H,27,32)(H,28,29,30). The summed E-state index contributed by atoms with van der Waals surface area (Å²) in [4.78, 5) is 23.7. The van der Waals surface area contributed by atoms with Crippen LogP contribution in [0, 0.1) is 11.6 Å². The van der Waals surface area contributed by atoms with Gasteiger partial charge in [0.2, 0.25) is 11.9 Å². The van der Waals surface area contributed by atoms with E-state index < -0.39 is 11.6 Å². The minimum absolute atomic E-state index is 0.0353. The van der Waals surface area contributed by atoms with Gasteiger partial charge in [0.15, 0.2) is 11.6 Å². The Morgan fingerprint density at radius 2 is 1.72 bits per heavy atom. The lowest BCUT2D eigenvalue weighted by molar-refractivity contribution is -0.121. The quantitative estimate of drug-likeness (QED) is 0.606. The molecule has 2 N–H and O–H groups in total. The molecular formula is C24H27F2N5O. The first-order valence-electron chi connectivity index (χ1n) is 10.8. The van der Waals surface area contributed by atoms with Gasteiger partial charge in [-0.2, -0.15) is 4.98 Å². The van der Waals surface area contributed by atoms with E-state index in [9.17, 15) is 13.6 Å². The molecule has 0 aliphatic heterocycles. The van der Waals surface area contributed by atoms with Crippen molar-refractivity contribution in [3.05, 3.63) is 59.7 Å². The molecule has 4 rings (SSSR count). The smallest absolute Gasteiger partial charge is 0.225 e. The van der Waals surface area contributed by atoms with Crippen molar-refractivity contribution in [2.75, 3.05) is 24.3 Å². The van der Waals surface area contributed by atoms with Crippen molar-refractivity contribution in [1.29, 1.82) is 0 Å². The zero-order chi connectivity index (χ0) is 22.7. The normalized spacial score (nSPS) is 18.4. The molecular weight excluding hydrogens is 412 g/mol. The number of amides is 1. The van der Waals surface area contributed by atoms with Crippen molar-refractivity contribution in [1.82, 2.24) is 15.3 Å². The van der Waals surface area contributed by atoms with E-state index in [0.29, 0.717) is 11.5 Å². The number of aromatic nitrogens is 2. The highest BCUT2D eigenvalue weighted by molar-refractivity contribution is 5.90. The number of hydrogen-bond donors (Lipinski definition) is 2. The average molecular weight is 440 g/mol. The SMILES string of the molecule is CN(C)c1nc(NC2CCC(NC(=O)Cc3ccc(F)c(F)c3)CC2)nc2ccccc12. The van der Waals surface area contributed by atoms with Crippen molar-refractivity contribution in [3.63, 3.8) is 0 Å². The molecule has 1 aliphatic carbocycles. The minimum Gasteiger partial charge on any atom is -0.362 e. The van der Waals surface area contributed by atoms with E-state index in [4.69, 9.17) is 4.98 Å². The van der Waals surface area contributed by atoms with Gasteiger partial charge in [-0.3, -0.25) is 4.79 Å². The van der Waals surface area contributed by atoms with E-state index in [1.165, 1.54) is 6.07 Å². The maximum absolute atomic E-state index is 13.3. The number of para-hydroxylation sites is 1. The summed E-state index contributed by atoms with van der Waals surface area (Å²) in [5, 5.41) is 7.48. The predicted octanol–water partition coefficient (Wildman–Crippen LogP) is 4.06. The zero-order valence-electron chi connectivity index (χ0n) is 18.2. The lowest BCUT2D eigenvalue weighted by Gasteiger charge is -2.30. The number of halogens is 2. The summed E-state index contributed by atoms with van der Waals surface area (Å²) in [6, 6.07) is 11.8. The van der Waals surface area contributed by atoms with Crippen LogP contribution in [0.4, 0.5) is 20.5 Å². The molecule has 1 aliphatic rings. The highest BCUT2D eigenvalue weighted by Crippen LogP contribution is 2.26. The Morgan fingerprint density at radius 1 is 1.00 bits per heavy atom. The largest absolute Gasteiger partial charge is 0.362 e. The number of carbonyl (C=O) groups is 1. The van der Waals surface area contributed by atoms with Crippen LogP contribution in [0.5, 0.6) is 0 Å². The van der Waals surface area contributed by atoms with Crippen LogP contribution in [0.2, 0.25) is 0 Å². The van der Waals surface area contributed by atoms with Gasteiger partial charge in [0.05, 0.1) is 11.9 Å². The monoisotopic (exact) mass is 439 g/mol. The van der Waals surface area contributed by atoms with Gasteiger partial charge in [-0.1, -0.05) is 18.2 Å². The van der Waals surface area contributed by atoms with Gasteiger partial charge in [-0.15, -0.1) is 0 Å². The van der Waals surface area contributed by atoms with Crippen LogP contribution >= 0.6 is 0 Å². The third kappa shape index (κ3) is 5.12. The highest BCUT2D eigenvalue weighted by Gasteiger charge is 2.23. The van der Waals surface area contributed by atoms with Gasteiger partial charge in [0.1, 0.15) is 5.82 Å². The molecule has 1 fully saturated rings. The van der Waals surface area contributed by atoms with E-state index in [1.807, 2.05) is 43.3 Å². The second-order valence-corrected chi connectivity index (χ2v) is 8.47. The van der Waals surface area contributed by atoms with Crippen molar-refractivity contribution in [2.45, 2.75) is 44.2 Å². The minimum atomic E-state index is -0.935. The molecule has 0 spiro atoms. The van der Waals surface area contributed by atoms with Gasteiger partial charge in [0.25, 0.3) is 0 Å². The lowest BCUT2D eigenvalue weighted by Crippen LogP contribution is -2.41. The van der Waals surface area contributed by atoms with E-state index in [0.717, 1.165) is 54.5 Å². The molecule has 1 saturated carbocycles. The number of rotatable bonds is 6. The Kier molecular flexibility index (Phi) is 6.48. The third-order valence-electron chi connectivity index (χ3n) is 5.78. The Hall–Kier alpha value is -3.29. The van der Waals surface area contributed by atoms with E-state index in [2.05, 4.69) is 15.6 Å². The molecule has 0 bridgehead atoms. The summed E-state index contributed by atoms with van der Waals surface area (Å²) in [6.07, 6.45) is 3.45. The molecule has 8 heteroatoms. The molecule has 32 heavy (non-hydrogen) atoms. The molecule has 1 aromatic heterocycles. The fraction of sp³-hybridized carbons (Fsp3) is 0.375. The zero-order valence-corrected chi connectivity index (χ0v) is 18.2. The number of anilines is 2. The number of nitrogens with one attached hydrogen (secondary N) is 2. The molecule has 3 aromatic rings. The molecule has 0 atom stereocenters. The molecule has 0 saturated heterocycles. The molecule has 1 heterocycles. The second-order valence-electron chi connectivity index (χ2n) is 8.47. The first-order chi connectivity index (χ1) is 15.4. The van der Waals surface area contributed by atoms with Crippen LogP contribution in [0.1, 0.15) is 31.2 Å². The lowest BCUT2D eigenvalue weighted by atomic mass is 9.91. The molecule has 2 aromatic carbocycles. The highest BCUT2D eigenvalue weighted by atomic mass is 19.2. The molecule has 168 valence electrons. The third-order valence-corrected chi connectivity index (χ3v) is 5.78. The summed E-state index contributed by atoms with van der Waals surface area (Å²) in [6.45, 7) is 0. The van der Waals surface area contributed by atoms with E-state index in [-0.39, 0.29) is 24.4 Å². The summed E-state index contributed by atoms with van der Waals surface area (Å²) >= 11 is 0. The van der Waals surface area contributed by atoms with Gasteiger partial charge in [-0.25, -0.2) is 13.8 Å². The van der Waals surface area contributed by atoms with E-state index >= 15 is 0 Å². The first kappa shape index (κ1) is 21.9. The van der Waals surface area contributed by atoms with Crippen molar-refractivity contribution in [3.8, 4) is 0 Å². The van der Waals surface area contributed by atoms with Crippen molar-refractivity contribution in [2.24, 2.45) is 0 Å². The maximum Gasteiger partial charge on any atom is 0.225 e. The summed E-state index contributed by atoms with van der Waals surface area (Å²) < 4.78 is 26.4. The van der Waals surface area contributed by atoms with E-state index in [1.54, 1.807) is 0 Å². The Morgan fingerprint density at radius 3 is 2.44 bits per heavy atom. The molecule has 6 nitrogen and oxygen atoms in total. The van der Waals surface area contributed by atoms with Crippen LogP contribution in [-0.4, -0.2) is 42.1 Å². The van der Waals surface area contributed by atoms with Gasteiger partial charge in [0, 0.05) is 31.6 Å².